The van der Waals surface area contributed by atoms with Crippen LogP contribution < -0.4 is 18.9 Å². The SMILES string of the molecule is COc1ccc(C2(C)CCC(C(C)(C)c3ccc(OC)cc3OC)CC2)c(OC)c1. The lowest BCUT2D eigenvalue weighted by molar-refractivity contribution is 0.173. The van der Waals surface area contributed by atoms with Gasteiger partial charge in [-0.2, -0.15) is 0 Å². The summed E-state index contributed by atoms with van der Waals surface area (Å²) in [4.78, 5) is 0. The lowest BCUT2D eigenvalue weighted by atomic mass is 9.60. The van der Waals surface area contributed by atoms with Crippen molar-refractivity contribution in [1.29, 1.82) is 0 Å². The van der Waals surface area contributed by atoms with Crippen molar-refractivity contribution in [3.8, 4) is 23.0 Å². The molecule has 0 spiro atoms. The highest BCUT2D eigenvalue weighted by molar-refractivity contribution is 5.46. The summed E-state index contributed by atoms with van der Waals surface area (Å²) >= 11 is 0. The Bertz CT molecular complexity index is 863. The van der Waals surface area contributed by atoms with Crippen molar-refractivity contribution in [3.05, 3.63) is 47.5 Å². The maximum absolute atomic E-state index is 5.72. The highest BCUT2D eigenvalue weighted by atomic mass is 16.5. The summed E-state index contributed by atoms with van der Waals surface area (Å²) in [5, 5.41) is 0. The van der Waals surface area contributed by atoms with Crippen molar-refractivity contribution in [2.45, 2.75) is 57.3 Å². The topological polar surface area (TPSA) is 36.9 Å². The number of methoxy groups -OCH3 is 4. The summed E-state index contributed by atoms with van der Waals surface area (Å²) < 4.78 is 22.2. The second-order valence-corrected chi connectivity index (χ2v) is 9.19. The Kier molecular flexibility index (Phi) is 6.54. The monoisotopic (exact) mass is 412 g/mol. The van der Waals surface area contributed by atoms with Crippen LogP contribution in [0.3, 0.4) is 0 Å². The summed E-state index contributed by atoms with van der Waals surface area (Å²) in [6.07, 6.45) is 4.58. The zero-order valence-corrected chi connectivity index (χ0v) is 19.5. The predicted molar refractivity (Wildman–Crippen MR) is 121 cm³/mol. The minimum Gasteiger partial charge on any atom is -0.497 e. The van der Waals surface area contributed by atoms with Crippen LogP contribution in [0, 0.1) is 5.92 Å². The third kappa shape index (κ3) is 4.10. The van der Waals surface area contributed by atoms with Crippen LogP contribution in [0.1, 0.15) is 57.6 Å². The average molecular weight is 413 g/mol. The third-order valence-corrected chi connectivity index (χ3v) is 7.27. The van der Waals surface area contributed by atoms with E-state index >= 15 is 0 Å². The molecule has 0 amide bonds. The summed E-state index contributed by atoms with van der Waals surface area (Å²) in [6.45, 7) is 7.06. The molecular weight excluding hydrogens is 376 g/mol. The van der Waals surface area contributed by atoms with Crippen LogP contribution in [0.2, 0.25) is 0 Å². The van der Waals surface area contributed by atoms with Gasteiger partial charge in [-0.3, -0.25) is 0 Å². The molecule has 0 heterocycles. The molecule has 164 valence electrons. The molecule has 0 bridgehead atoms. The van der Waals surface area contributed by atoms with E-state index in [-0.39, 0.29) is 10.8 Å². The molecule has 0 unspecified atom stereocenters. The van der Waals surface area contributed by atoms with Crippen molar-refractivity contribution in [3.63, 3.8) is 0 Å². The van der Waals surface area contributed by atoms with Crippen molar-refractivity contribution >= 4 is 0 Å². The first-order valence-electron chi connectivity index (χ1n) is 10.7. The number of rotatable bonds is 7. The molecule has 4 nitrogen and oxygen atoms in total. The molecule has 2 aromatic rings. The second kappa shape index (κ2) is 8.79. The molecule has 1 aliphatic carbocycles. The largest absolute Gasteiger partial charge is 0.497 e. The predicted octanol–water partition coefficient (Wildman–Crippen LogP) is 6.15. The zero-order valence-electron chi connectivity index (χ0n) is 19.5. The Morgan fingerprint density at radius 3 is 1.83 bits per heavy atom. The van der Waals surface area contributed by atoms with Crippen LogP contribution in [0.15, 0.2) is 36.4 Å². The van der Waals surface area contributed by atoms with Gasteiger partial charge in [-0.05, 0) is 54.6 Å². The average Bonchev–Trinajstić information content (AvgIpc) is 2.78. The molecule has 0 N–H and O–H groups in total. The minimum absolute atomic E-state index is 0.0168. The number of ether oxygens (including phenoxy) is 4. The Balaban J connectivity index is 1.82. The summed E-state index contributed by atoms with van der Waals surface area (Å²) in [7, 11) is 6.86. The first kappa shape index (κ1) is 22.3. The fourth-order valence-corrected chi connectivity index (χ4v) is 5.09. The normalized spacial score (nSPS) is 21.8. The molecule has 2 aromatic carbocycles. The Labute approximate surface area is 181 Å². The molecular formula is C26H36O4. The molecule has 0 aromatic heterocycles. The number of hydrogen-bond acceptors (Lipinski definition) is 4. The van der Waals surface area contributed by atoms with Gasteiger partial charge in [0, 0.05) is 23.3 Å². The second-order valence-electron chi connectivity index (χ2n) is 9.19. The van der Waals surface area contributed by atoms with Crippen molar-refractivity contribution in [2.75, 3.05) is 28.4 Å². The zero-order chi connectivity index (χ0) is 21.9. The van der Waals surface area contributed by atoms with Crippen molar-refractivity contribution in [2.24, 2.45) is 5.92 Å². The first-order chi connectivity index (χ1) is 14.3. The highest BCUT2D eigenvalue weighted by Gasteiger charge is 2.41. The fraction of sp³-hybridized carbons (Fsp3) is 0.538. The maximum Gasteiger partial charge on any atom is 0.126 e. The van der Waals surface area contributed by atoms with E-state index in [1.54, 1.807) is 28.4 Å². The maximum atomic E-state index is 5.72. The van der Waals surface area contributed by atoms with Gasteiger partial charge in [0.25, 0.3) is 0 Å². The van der Waals surface area contributed by atoms with Gasteiger partial charge < -0.3 is 18.9 Å². The number of hydrogen-bond donors (Lipinski definition) is 0. The van der Waals surface area contributed by atoms with E-state index < -0.39 is 0 Å². The summed E-state index contributed by atoms with van der Waals surface area (Å²) in [5.41, 5.74) is 2.66. The standard InChI is InChI=1S/C26H36O4/c1-25(2,21-10-8-19(27-4)16-23(21)29-6)18-12-14-26(3,15-13-18)22-11-9-20(28-5)17-24(22)30-7/h8-11,16-18H,12-15H2,1-7H3. The van der Waals surface area contributed by atoms with Crippen LogP contribution in [-0.2, 0) is 10.8 Å². The van der Waals surface area contributed by atoms with Gasteiger partial charge in [0.2, 0.25) is 0 Å². The number of benzene rings is 2. The molecule has 3 rings (SSSR count). The van der Waals surface area contributed by atoms with E-state index in [1.165, 1.54) is 11.1 Å². The van der Waals surface area contributed by atoms with Gasteiger partial charge >= 0.3 is 0 Å². The highest BCUT2D eigenvalue weighted by Crippen LogP contribution is 2.51. The minimum atomic E-state index is 0.0168. The summed E-state index contributed by atoms with van der Waals surface area (Å²) in [6, 6.07) is 12.4. The lowest BCUT2D eigenvalue weighted by Crippen LogP contribution is -2.37. The third-order valence-electron chi connectivity index (χ3n) is 7.27. The molecule has 0 saturated heterocycles. The van der Waals surface area contributed by atoms with Gasteiger partial charge in [0.05, 0.1) is 28.4 Å². The van der Waals surface area contributed by atoms with Gasteiger partial charge in [0.15, 0.2) is 0 Å². The molecule has 30 heavy (non-hydrogen) atoms. The van der Waals surface area contributed by atoms with E-state index in [2.05, 4.69) is 32.9 Å². The molecule has 1 fully saturated rings. The smallest absolute Gasteiger partial charge is 0.126 e. The molecule has 0 atom stereocenters. The quantitative estimate of drug-likeness (QED) is 0.547. The van der Waals surface area contributed by atoms with Crippen LogP contribution in [0.25, 0.3) is 0 Å². The Morgan fingerprint density at radius 1 is 0.767 bits per heavy atom. The molecule has 0 aliphatic heterocycles. The van der Waals surface area contributed by atoms with Gasteiger partial charge in [-0.15, -0.1) is 0 Å². The Hall–Kier alpha value is -2.36. The van der Waals surface area contributed by atoms with Crippen LogP contribution in [0.5, 0.6) is 23.0 Å². The van der Waals surface area contributed by atoms with Crippen LogP contribution >= 0.6 is 0 Å². The van der Waals surface area contributed by atoms with Crippen LogP contribution in [0.4, 0.5) is 0 Å². The fourth-order valence-electron chi connectivity index (χ4n) is 5.09. The van der Waals surface area contributed by atoms with Crippen molar-refractivity contribution in [1.82, 2.24) is 0 Å². The van der Waals surface area contributed by atoms with Gasteiger partial charge in [0.1, 0.15) is 23.0 Å². The lowest BCUT2D eigenvalue weighted by Gasteiger charge is -2.44. The molecule has 0 radical (unpaired) electrons. The summed E-state index contributed by atoms with van der Waals surface area (Å²) in [5.74, 6) is 4.07. The van der Waals surface area contributed by atoms with E-state index in [0.717, 1.165) is 48.7 Å². The molecule has 4 heteroatoms. The van der Waals surface area contributed by atoms with E-state index in [0.29, 0.717) is 5.92 Å². The van der Waals surface area contributed by atoms with Crippen molar-refractivity contribution < 1.29 is 18.9 Å². The molecule has 1 aliphatic rings. The van der Waals surface area contributed by atoms with Gasteiger partial charge in [-0.1, -0.05) is 32.9 Å². The van der Waals surface area contributed by atoms with Crippen LogP contribution in [-0.4, -0.2) is 28.4 Å². The van der Waals surface area contributed by atoms with E-state index in [9.17, 15) is 0 Å². The van der Waals surface area contributed by atoms with Gasteiger partial charge in [-0.25, -0.2) is 0 Å². The molecule has 1 saturated carbocycles. The van der Waals surface area contributed by atoms with E-state index in [1.807, 2.05) is 24.3 Å². The first-order valence-corrected chi connectivity index (χ1v) is 10.7. The Morgan fingerprint density at radius 2 is 1.30 bits per heavy atom. The van der Waals surface area contributed by atoms with E-state index in [4.69, 9.17) is 18.9 Å².